The Morgan fingerprint density at radius 2 is 2.19 bits per heavy atom. The van der Waals surface area contributed by atoms with Crippen molar-refractivity contribution in [3.8, 4) is 0 Å². The van der Waals surface area contributed by atoms with E-state index in [0.717, 1.165) is 6.42 Å². The monoisotopic (exact) mass is 255 g/mol. The Morgan fingerprint density at radius 3 is 2.75 bits per heavy atom. The van der Waals surface area contributed by atoms with Gasteiger partial charge in [0.1, 0.15) is 5.78 Å². The minimum absolute atomic E-state index is 0.0103. The maximum atomic E-state index is 11.9. The number of Topliss-reactive ketones (excluding diaryl/α,β-unsaturated/α-hetero) is 1. The van der Waals surface area contributed by atoms with Crippen LogP contribution in [0.15, 0.2) is 0 Å². The minimum atomic E-state index is -4.14. The smallest absolute Gasteiger partial charge is 0.301 e. The van der Waals surface area contributed by atoms with Gasteiger partial charge >= 0.3 is 5.51 Å². The maximum absolute atomic E-state index is 11.9. The van der Waals surface area contributed by atoms with Crippen LogP contribution in [0, 0.1) is 5.92 Å². The SMILES string of the molecule is CCC1CN(CCSC(F)(F)F)CCC1=O. The summed E-state index contributed by atoms with van der Waals surface area (Å²) in [7, 11) is 0. The van der Waals surface area contributed by atoms with Crippen molar-refractivity contribution in [1.29, 1.82) is 0 Å². The summed E-state index contributed by atoms with van der Waals surface area (Å²) in [5.41, 5.74) is -4.14. The van der Waals surface area contributed by atoms with E-state index in [1.54, 1.807) is 0 Å². The van der Waals surface area contributed by atoms with Gasteiger partial charge in [0.15, 0.2) is 0 Å². The molecule has 1 saturated heterocycles. The zero-order valence-corrected chi connectivity index (χ0v) is 10.0. The lowest BCUT2D eigenvalue weighted by molar-refractivity contribution is -0.126. The molecular formula is C10H16F3NOS. The number of thioether (sulfide) groups is 1. The van der Waals surface area contributed by atoms with Crippen molar-refractivity contribution in [1.82, 2.24) is 4.90 Å². The summed E-state index contributed by atoms with van der Waals surface area (Å²) in [5.74, 6) is 0.320. The molecule has 0 spiro atoms. The summed E-state index contributed by atoms with van der Waals surface area (Å²) in [6, 6.07) is 0. The maximum Gasteiger partial charge on any atom is 0.441 e. The molecule has 1 rings (SSSR count). The molecule has 1 atom stereocenters. The quantitative estimate of drug-likeness (QED) is 0.770. The highest BCUT2D eigenvalue weighted by Gasteiger charge is 2.29. The average Bonchev–Trinajstić information content (AvgIpc) is 2.18. The third-order valence-corrected chi connectivity index (χ3v) is 3.49. The van der Waals surface area contributed by atoms with Crippen LogP contribution in [0.1, 0.15) is 19.8 Å². The van der Waals surface area contributed by atoms with Gasteiger partial charge in [-0.1, -0.05) is 6.92 Å². The molecule has 1 aliphatic heterocycles. The summed E-state index contributed by atoms with van der Waals surface area (Å²) in [6.45, 7) is 3.58. The van der Waals surface area contributed by atoms with Gasteiger partial charge in [0.05, 0.1) is 0 Å². The highest BCUT2D eigenvalue weighted by molar-refractivity contribution is 8.00. The lowest BCUT2D eigenvalue weighted by Gasteiger charge is -2.31. The van der Waals surface area contributed by atoms with Crippen LogP contribution < -0.4 is 0 Å². The Morgan fingerprint density at radius 1 is 1.50 bits per heavy atom. The van der Waals surface area contributed by atoms with Crippen molar-refractivity contribution in [3.63, 3.8) is 0 Å². The molecule has 1 aliphatic rings. The molecule has 6 heteroatoms. The van der Waals surface area contributed by atoms with Crippen LogP contribution in [-0.4, -0.2) is 41.6 Å². The average molecular weight is 255 g/mol. The molecule has 0 bridgehead atoms. The van der Waals surface area contributed by atoms with Gasteiger partial charge in [-0.25, -0.2) is 0 Å². The minimum Gasteiger partial charge on any atom is -0.301 e. The molecule has 0 aromatic rings. The van der Waals surface area contributed by atoms with Gasteiger partial charge in [-0.05, 0) is 18.2 Å². The van der Waals surface area contributed by atoms with E-state index < -0.39 is 5.51 Å². The second kappa shape index (κ2) is 5.91. The normalized spacial score (nSPS) is 23.8. The van der Waals surface area contributed by atoms with Crippen molar-refractivity contribution in [3.05, 3.63) is 0 Å². The molecule has 1 fully saturated rings. The fourth-order valence-electron chi connectivity index (χ4n) is 1.83. The Bertz CT molecular complexity index is 245. The summed E-state index contributed by atoms with van der Waals surface area (Å²) in [4.78, 5) is 13.3. The molecular weight excluding hydrogens is 239 g/mol. The number of hydrogen-bond acceptors (Lipinski definition) is 3. The van der Waals surface area contributed by atoms with Gasteiger partial charge in [0.25, 0.3) is 0 Å². The molecule has 1 unspecified atom stereocenters. The Labute approximate surface area is 97.6 Å². The van der Waals surface area contributed by atoms with Gasteiger partial charge in [-0.2, -0.15) is 13.2 Å². The van der Waals surface area contributed by atoms with E-state index in [-0.39, 0.29) is 29.2 Å². The van der Waals surface area contributed by atoms with Crippen LogP contribution in [-0.2, 0) is 4.79 Å². The van der Waals surface area contributed by atoms with Crippen LogP contribution in [0.3, 0.4) is 0 Å². The molecule has 0 saturated carbocycles. The second-order valence-electron chi connectivity index (χ2n) is 3.92. The van der Waals surface area contributed by atoms with Crippen molar-refractivity contribution in [2.75, 3.05) is 25.4 Å². The van der Waals surface area contributed by atoms with Crippen LogP contribution in [0.4, 0.5) is 13.2 Å². The first-order valence-corrected chi connectivity index (χ1v) is 6.36. The van der Waals surface area contributed by atoms with E-state index in [0.29, 0.717) is 26.1 Å². The first-order valence-electron chi connectivity index (χ1n) is 5.38. The number of carbonyl (C=O) groups is 1. The lowest BCUT2D eigenvalue weighted by Crippen LogP contribution is -2.41. The van der Waals surface area contributed by atoms with Gasteiger partial charge in [-0.3, -0.25) is 4.79 Å². The molecule has 0 aromatic carbocycles. The van der Waals surface area contributed by atoms with Gasteiger partial charge in [0.2, 0.25) is 0 Å². The fourth-order valence-corrected chi connectivity index (χ4v) is 2.41. The number of alkyl halides is 3. The predicted octanol–water partition coefficient (Wildman–Crippen LogP) is 2.54. The van der Waals surface area contributed by atoms with Gasteiger partial charge in [-0.15, -0.1) is 0 Å². The van der Waals surface area contributed by atoms with E-state index in [2.05, 4.69) is 0 Å². The Balaban J connectivity index is 2.26. The molecule has 0 amide bonds. The van der Waals surface area contributed by atoms with Crippen molar-refractivity contribution >= 4 is 17.5 Å². The number of piperidine rings is 1. The van der Waals surface area contributed by atoms with Crippen LogP contribution >= 0.6 is 11.8 Å². The summed E-state index contributed by atoms with van der Waals surface area (Å²) in [6.07, 6.45) is 1.26. The molecule has 0 N–H and O–H groups in total. The standard InChI is InChI=1S/C10H16F3NOS/c1-2-8-7-14(4-3-9(8)15)5-6-16-10(11,12)13/h8H,2-7H2,1H3. The number of likely N-dealkylation sites (tertiary alicyclic amines) is 1. The topological polar surface area (TPSA) is 20.3 Å². The number of halogens is 3. The number of hydrogen-bond donors (Lipinski definition) is 0. The van der Waals surface area contributed by atoms with Crippen molar-refractivity contribution < 1.29 is 18.0 Å². The third-order valence-electron chi connectivity index (χ3n) is 2.77. The predicted molar refractivity (Wildman–Crippen MR) is 58.4 cm³/mol. The molecule has 2 nitrogen and oxygen atoms in total. The molecule has 0 aromatic heterocycles. The largest absolute Gasteiger partial charge is 0.441 e. The van der Waals surface area contributed by atoms with Crippen molar-refractivity contribution in [2.45, 2.75) is 25.3 Å². The van der Waals surface area contributed by atoms with Crippen LogP contribution in [0.2, 0.25) is 0 Å². The number of carbonyl (C=O) groups excluding carboxylic acids is 1. The highest BCUT2D eigenvalue weighted by Crippen LogP contribution is 2.30. The van der Waals surface area contributed by atoms with Gasteiger partial charge < -0.3 is 4.90 Å². The molecule has 94 valence electrons. The summed E-state index contributed by atoms with van der Waals surface area (Å²) >= 11 is 0.0103. The van der Waals surface area contributed by atoms with Gasteiger partial charge in [0, 0.05) is 37.7 Å². The fraction of sp³-hybridized carbons (Fsp3) is 0.900. The second-order valence-corrected chi connectivity index (χ2v) is 5.08. The first kappa shape index (κ1) is 13.8. The van der Waals surface area contributed by atoms with E-state index in [1.165, 1.54) is 0 Å². The van der Waals surface area contributed by atoms with Crippen LogP contribution in [0.25, 0.3) is 0 Å². The zero-order chi connectivity index (χ0) is 12.2. The molecule has 16 heavy (non-hydrogen) atoms. The van der Waals surface area contributed by atoms with Crippen molar-refractivity contribution in [2.24, 2.45) is 5.92 Å². The molecule has 1 heterocycles. The lowest BCUT2D eigenvalue weighted by atomic mass is 9.94. The first-order chi connectivity index (χ1) is 7.42. The van der Waals surface area contributed by atoms with E-state index in [9.17, 15) is 18.0 Å². The van der Waals surface area contributed by atoms with E-state index in [4.69, 9.17) is 0 Å². The summed E-state index contributed by atoms with van der Waals surface area (Å²) < 4.78 is 35.7. The molecule has 0 aliphatic carbocycles. The van der Waals surface area contributed by atoms with E-state index in [1.807, 2.05) is 11.8 Å². The number of ketones is 1. The number of nitrogens with zero attached hydrogens (tertiary/aromatic N) is 1. The molecule has 0 radical (unpaired) electrons. The highest BCUT2D eigenvalue weighted by atomic mass is 32.2. The van der Waals surface area contributed by atoms with Crippen LogP contribution in [0.5, 0.6) is 0 Å². The summed E-state index contributed by atoms with van der Waals surface area (Å²) in [5, 5.41) is 0. The zero-order valence-electron chi connectivity index (χ0n) is 9.22. The Hall–Kier alpha value is -0.230. The van der Waals surface area contributed by atoms with E-state index >= 15 is 0 Å². The Kier molecular flexibility index (Phi) is 5.11. The number of rotatable bonds is 4. The third kappa shape index (κ3) is 4.74.